The number of hydrogen-bond donors (Lipinski definition) is 0. The average Bonchev–Trinajstić information content (AvgIpc) is 2.90. The normalized spacial score (nSPS) is 17.6. The molecule has 0 aromatic heterocycles. The van der Waals surface area contributed by atoms with E-state index in [-0.39, 0.29) is 18.6 Å². The van der Waals surface area contributed by atoms with Gasteiger partial charge < -0.3 is 23.8 Å². The van der Waals surface area contributed by atoms with Crippen molar-refractivity contribution >= 4 is 13.8 Å². The molecule has 0 amide bonds. The second kappa shape index (κ2) is 10.9. The van der Waals surface area contributed by atoms with Crippen LogP contribution in [0.4, 0.5) is 0 Å². The number of ketones is 1. The minimum atomic E-state index is -3.16. The van der Waals surface area contributed by atoms with Crippen LogP contribution in [0.25, 0.3) is 22.3 Å². The summed E-state index contributed by atoms with van der Waals surface area (Å²) in [4.78, 5) is 27.1. The van der Waals surface area contributed by atoms with Gasteiger partial charge in [0.15, 0.2) is 5.16 Å². The highest BCUT2D eigenvalue weighted by Crippen LogP contribution is 2.71. The van der Waals surface area contributed by atoms with E-state index >= 15 is 0 Å². The van der Waals surface area contributed by atoms with Gasteiger partial charge in [0.25, 0.3) is 0 Å². The van der Waals surface area contributed by atoms with Crippen LogP contribution in [0.5, 0.6) is 23.0 Å². The van der Waals surface area contributed by atoms with Crippen molar-refractivity contribution < 1.29 is 33.2 Å². The molecule has 40 heavy (non-hydrogen) atoms. The smallest absolute Gasteiger partial charge is 0.321 e. The molecule has 0 radical (unpaired) electrons. The van der Waals surface area contributed by atoms with Gasteiger partial charge in [-0.1, -0.05) is 62.6 Å². The average molecular weight is 565 g/mol. The maximum atomic E-state index is 14.0. The minimum absolute atomic E-state index is 0.0336. The Morgan fingerprint density at radius 2 is 0.975 bits per heavy atom. The van der Waals surface area contributed by atoms with Crippen LogP contribution >= 0.6 is 8.03 Å². The van der Waals surface area contributed by atoms with Crippen molar-refractivity contribution in [3.8, 4) is 45.3 Å². The van der Waals surface area contributed by atoms with Gasteiger partial charge in [0, 0.05) is 29.2 Å². The van der Waals surface area contributed by atoms with E-state index in [0.29, 0.717) is 50.8 Å². The van der Waals surface area contributed by atoms with Crippen LogP contribution in [0.1, 0.15) is 46.1 Å². The predicted molar refractivity (Wildman–Crippen MR) is 155 cm³/mol. The van der Waals surface area contributed by atoms with Crippen LogP contribution in [0, 0.1) is 10.8 Å². The van der Waals surface area contributed by atoms with E-state index in [1.165, 1.54) is 0 Å². The maximum Gasteiger partial charge on any atom is 0.321 e. The van der Waals surface area contributed by atoms with Crippen molar-refractivity contribution in [2.75, 3.05) is 28.4 Å². The molecule has 1 aliphatic rings. The lowest BCUT2D eigenvalue weighted by Gasteiger charge is -2.53. The van der Waals surface area contributed by atoms with Crippen molar-refractivity contribution in [2.24, 2.45) is 10.8 Å². The van der Waals surface area contributed by atoms with Gasteiger partial charge in [-0.2, -0.15) is 0 Å². The quantitative estimate of drug-likeness (QED) is 0.279. The molecule has 1 aliphatic carbocycles. The molecule has 212 valence electrons. The summed E-state index contributed by atoms with van der Waals surface area (Å²) in [5, 5.41) is -1.49. The van der Waals surface area contributed by atoms with Crippen LogP contribution in [-0.4, -0.2) is 34.2 Å². The fourth-order valence-electron chi connectivity index (χ4n) is 7.07. The van der Waals surface area contributed by atoms with E-state index < -0.39 is 24.0 Å². The Kier molecular flexibility index (Phi) is 8.04. The molecule has 0 saturated heterocycles. The molecule has 0 aliphatic heterocycles. The van der Waals surface area contributed by atoms with Crippen molar-refractivity contribution in [3.05, 3.63) is 60.2 Å². The molecule has 1 atom stereocenters. The molecular formula is C32H37O7P. The molecule has 0 spiro atoms. The monoisotopic (exact) mass is 564 g/mol. The molecular weight excluding hydrogens is 527 g/mol. The molecule has 8 heteroatoms. The summed E-state index contributed by atoms with van der Waals surface area (Å²) < 4.78 is 37.2. The molecule has 1 unspecified atom stereocenters. The molecule has 7 nitrogen and oxygen atoms in total. The van der Waals surface area contributed by atoms with E-state index in [0.717, 1.165) is 0 Å². The van der Waals surface area contributed by atoms with E-state index in [2.05, 4.69) is 0 Å². The molecule has 0 heterocycles. The number of Topliss-reactive ketones (excluding diaryl/α,β-unsaturated/α-hetero) is 1. The Hall–Kier alpha value is -3.41. The lowest BCUT2D eigenvalue weighted by Crippen LogP contribution is -2.57. The third kappa shape index (κ3) is 4.36. The number of hydrogen-bond acceptors (Lipinski definition) is 7. The van der Waals surface area contributed by atoms with E-state index in [4.69, 9.17) is 18.9 Å². The van der Waals surface area contributed by atoms with Gasteiger partial charge in [-0.3, -0.25) is 4.79 Å². The van der Waals surface area contributed by atoms with Gasteiger partial charge in [0.05, 0.1) is 39.6 Å². The Labute approximate surface area is 237 Å². The van der Waals surface area contributed by atoms with E-state index in [1.54, 1.807) is 28.4 Å². The summed E-state index contributed by atoms with van der Waals surface area (Å²) in [6.07, 6.45) is 0.222. The first-order valence-corrected chi connectivity index (χ1v) is 14.3. The summed E-state index contributed by atoms with van der Waals surface area (Å²) in [7, 11) is 3.13. The van der Waals surface area contributed by atoms with Crippen LogP contribution in [0.15, 0.2) is 54.6 Å². The maximum absolute atomic E-state index is 14.0. The van der Waals surface area contributed by atoms with Crippen molar-refractivity contribution in [1.29, 1.82) is 0 Å². The summed E-state index contributed by atoms with van der Waals surface area (Å²) in [6, 6.07) is 16.6. The zero-order valence-electron chi connectivity index (χ0n) is 24.4. The largest absolute Gasteiger partial charge is 0.595 e. The van der Waals surface area contributed by atoms with Crippen LogP contribution < -0.4 is 23.8 Å². The molecule has 0 bridgehead atoms. The van der Waals surface area contributed by atoms with E-state index in [1.807, 2.05) is 82.3 Å². The Bertz CT molecular complexity index is 1320. The van der Waals surface area contributed by atoms with Crippen molar-refractivity contribution in [2.45, 2.75) is 45.7 Å². The van der Waals surface area contributed by atoms with Gasteiger partial charge in [-0.05, 0) is 35.4 Å². The Balaban J connectivity index is 2.34. The molecule has 1 saturated carbocycles. The number of methoxy groups -OCH3 is 4. The summed E-state index contributed by atoms with van der Waals surface area (Å²) in [6.45, 7) is 7.49. The first-order valence-electron chi connectivity index (χ1n) is 13.1. The summed E-state index contributed by atoms with van der Waals surface area (Å²) in [5.74, 6) is 2.16. The first kappa shape index (κ1) is 29.6. The zero-order valence-corrected chi connectivity index (χ0v) is 25.3. The lowest BCUT2D eigenvalue weighted by molar-refractivity contribution is -0.181. The van der Waals surface area contributed by atoms with Gasteiger partial charge in [0.2, 0.25) is 0 Å². The lowest BCUT2D eigenvalue weighted by atomic mass is 9.52. The van der Waals surface area contributed by atoms with Crippen LogP contribution in [0.3, 0.4) is 0 Å². The SMILES string of the molecule is COc1cccc(OC)c1-c1cccc(-c2c(OC)cccc2OC)c1C1([P+](=O)[O-])C(C)(C)CC(=O)CC1(C)C. The van der Waals surface area contributed by atoms with Crippen LogP contribution in [-0.2, 0) is 14.5 Å². The van der Waals surface area contributed by atoms with E-state index in [9.17, 15) is 14.3 Å². The van der Waals surface area contributed by atoms with Crippen molar-refractivity contribution in [1.82, 2.24) is 0 Å². The fraction of sp³-hybridized carbons (Fsp3) is 0.406. The molecule has 3 aromatic carbocycles. The highest BCUT2D eigenvalue weighted by Gasteiger charge is 2.70. The standard InChI is InChI=1S/C32H37O7P/c1-30(2)18-20(33)19-31(3,4)32(30,40(34)35)29-21(27-23(36-5)14-10-15-24(27)37-6)12-9-13-22(29)28-25(38-7)16-11-17-26(28)39-8/h9-17H,18-19H2,1-8H3. The van der Waals surface area contributed by atoms with Gasteiger partial charge in [-0.15, -0.1) is 0 Å². The Morgan fingerprint density at radius 3 is 1.27 bits per heavy atom. The van der Waals surface area contributed by atoms with Gasteiger partial charge in [-0.25, -0.2) is 0 Å². The third-order valence-corrected chi connectivity index (χ3v) is 10.3. The number of rotatable bonds is 8. The third-order valence-electron chi connectivity index (χ3n) is 8.33. The van der Waals surface area contributed by atoms with Crippen LogP contribution in [0.2, 0.25) is 0 Å². The number of carbonyl (C=O) groups is 1. The van der Waals surface area contributed by atoms with Crippen molar-refractivity contribution in [3.63, 3.8) is 0 Å². The Morgan fingerprint density at radius 1 is 0.650 bits per heavy atom. The zero-order chi connectivity index (χ0) is 29.5. The molecule has 1 fully saturated rings. The second-order valence-electron chi connectivity index (χ2n) is 11.4. The first-order chi connectivity index (χ1) is 18.9. The summed E-state index contributed by atoms with van der Waals surface area (Å²) >= 11 is 0. The number of ether oxygens (including phenoxy) is 4. The number of carbonyl (C=O) groups excluding carboxylic acids is 1. The minimum Gasteiger partial charge on any atom is -0.595 e. The molecule has 3 aromatic rings. The topological polar surface area (TPSA) is 94.1 Å². The highest BCUT2D eigenvalue weighted by atomic mass is 31.1. The predicted octanol–water partition coefficient (Wildman–Crippen LogP) is 6.77. The molecule has 0 N–H and O–H groups in total. The number of benzene rings is 3. The summed E-state index contributed by atoms with van der Waals surface area (Å²) in [5.41, 5.74) is 1.12. The fourth-order valence-corrected chi connectivity index (χ4v) is 8.64. The van der Waals surface area contributed by atoms with Gasteiger partial charge >= 0.3 is 8.03 Å². The second-order valence-corrected chi connectivity index (χ2v) is 12.6. The van der Waals surface area contributed by atoms with Gasteiger partial charge in [0.1, 0.15) is 28.8 Å². The molecule has 4 rings (SSSR count). The highest BCUT2D eigenvalue weighted by molar-refractivity contribution is 7.38.